The molecule has 64 valence electrons. The molecule has 0 fully saturated rings. The summed E-state index contributed by atoms with van der Waals surface area (Å²) in [5.41, 5.74) is 0. The predicted molar refractivity (Wildman–Crippen MR) is 49.5 cm³/mol. The van der Waals surface area contributed by atoms with Gasteiger partial charge >= 0.3 is 0 Å². The maximum absolute atomic E-state index is 8.40. The molecule has 0 aliphatic carbocycles. The summed E-state index contributed by atoms with van der Waals surface area (Å²) in [7, 11) is 0. The van der Waals surface area contributed by atoms with Crippen molar-refractivity contribution in [3.8, 4) is 0 Å². The monoisotopic (exact) mass is 154 g/mol. The number of allylic oxidation sites excluding steroid dienone is 3. The molecule has 0 amide bonds. The van der Waals surface area contributed by atoms with Crippen LogP contribution in [-0.4, -0.2) is 11.7 Å². The summed E-state index contributed by atoms with van der Waals surface area (Å²) in [6, 6.07) is 0. The second kappa shape index (κ2) is 9.44. The number of rotatable bonds is 6. The van der Waals surface area contributed by atoms with E-state index in [-0.39, 0.29) is 6.61 Å². The third-order valence-corrected chi connectivity index (χ3v) is 1.44. The fourth-order valence-corrected chi connectivity index (χ4v) is 0.785. The second-order valence-electron chi connectivity index (χ2n) is 2.50. The van der Waals surface area contributed by atoms with Gasteiger partial charge in [0, 0.05) is 0 Å². The Labute approximate surface area is 69.4 Å². The number of aliphatic hydroxyl groups excluding tert-OH is 1. The Balaban J connectivity index is 3.09. The van der Waals surface area contributed by atoms with Gasteiger partial charge in [0.05, 0.1) is 6.61 Å². The predicted octanol–water partition coefficient (Wildman–Crippen LogP) is 2.67. The average molecular weight is 154 g/mol. The Hall–Kier alpha value is -0.560. The van der Waals surface area contributed by atoms with E-state index in [1.807, 2.05) is 6.08 Å². The van der Waals surface area contributed by atoms with E-state index < -0.39 is 0 Å². The van der Waals surface area contributed by atoms with Gasteiger partial charge in [-0.3, -0.25) is 0 Å². The number of unbranched alkanes of at least 4 members (excludes halogenated alkanes) is 2. The van der Waals surface area contributed by atoms with Crippen molar-refractivity contribution in [1.82, 2.24) is 0 Å². The van der Waals surface area contributed by atoms with Gasteiger partial charge in [-0.25, -0.2) is 0 Å². The van der Waals surface area contributed by atoms with E-state index >= 15 is 0 Å². The molecule has 0 spiro atoms. The van der Waals surface area contributed by atoms with Gasteiger partial charge in [-0.2, -0.15) is 0 Å². The Morgan fingerprint density at radius 1 is 1.09 bits per heavy atom. The fourth-order valence-electron chi connectivity index (χ4n) is 0.785. The summed E-state index contributed by atoms with van der Waals surface area (Å²) in [5.74, 6) is 0. The first-order valence-corrected chi connectivity index (χ1v) is 4.32. The largest absolute Gasteiger partial charge is 0.392 e. The van der Waals surface area contributed by atoms with Crippen LogP contribution in [0.5, 0.6) is 0 Å². The molecular weight excluding hydrogens is 136 g/mol. The van der Waals surface area contributed by atoms with Crippen molar-refractivity contribution >= 4 is 0 Å². The van der Waals surface area contributed by atoms with E-state index in [1.54, 1.807) is 6.08 Å². The van der Waals surface area contributed by atoms with E-state index in [9.17, 15) is 0 Å². The minimum Gasteiger partial charge on any atom is -0.392 e. The van der Waals surface area contributed by atoms with Gasteiger partial charge in [-0.1, -0.05) is 44.1 Å². The van der Waals surface area contributed by atoms with Crippen LogP contribution in [0.2, 0.25) is 0 Å². The first kappa shape index (κ1) is 10.4. The fraction of sp³-hybridized carbons (Fsp3) is 0.600. The molecule has 0 atom stereocenters. The SMILES string of the molecule is CCCCC=CCC=CCO. The highest BCUT2D eigenvalue weighted by molar-refractivity contribution is 4.92. The summed E-state index contributed by atoms with van der Waals surface area (Å²) in [6.07, 6.45) is 12.8. The highest BCUT2D eigenvalue weighted by Gasteiger charge is 1.76. The zero-order chi connectivity index (χ0) is 8.36. The molecular formula is C10H18O. The summed E-state index contributed by atoms with van der Waals surface area (Å²) < 4.78 is 0. The Morgan fingerprint density at radius 2 is 1.82 bits per heavy atom. The first-order chi connectivity index (χ1) is 5.41. The minimum atomic E-state index is 0.156. The molecule has 0 bridgehead atoms. The van der Waals surface area contributed by atoms with Crippen molar-refractivity contribution in [2.75, 3.05) is 6.61 Å². The zero-order valence-corrected chi connectivity index (χ0v) is 7.29. The standard InChI is InChI=1S/C10H18O/c1-2-3-4-5-6-7-8-9-10-11/h5-6,8-9,11H,2-4,7,10H2,1H3. The summed E-state index contributed by atoms with van der Waals surface area (Å²) in [5, 5.41) is 8.40. The number of hydrogen-bond acceptors (Lipinski definition) is 1. The summed E-state index contributed by atoms with van der Waals surface area (Å²) >= 11 is 0. The van der Waals surface area contributed by atoms with Gasteiger partial charge in [0.25, 0.3) is 0 Å². The molecule has 0 unspecified atom stereocenters. The molecule has 0 aliphatic heterocycles. The molecule has 0 heterocycles. The second-order valence-corrected chi connectivity index (χ2v) is 2.50. The van der Waals surface area contributed by atoms with Crippen molar-refractivity contribution < 1.29 is 5.11 Å². The number of hydrogen-bond donors (Lipinski definition) is 1. The van der Waals surface area contributed by atoms with Gasteiger partial charge in [0.1, 0.15) is 0 Å². The Kier molecular flexibility index (Phi) is 8.96. The molecule has 1 N–H and O–H groups in total. The molecule has 0 rings (SSSR count). The summed E-state index contributed by atoms with van der Waals surface area (Å²) in [6.45, 7) is 2.35. The van der Waals surface area contributed by atoms with Crippen LogP contribution in [0.3, 0.4) is 0 Å². The van der Waals surface area contributed by atoms with Gasteiger partial charge in [-0.05, 0) is 12.8 Å². The van der Waals surface area contributed by atoms with Crippen molar-refractivity contribution in [1.29, 1.82) is 0 Å². The van der Waals surface area contributed by atoms with Gasteiger partial charge in [0.15, 0.2) is 0 Å². The van der Waals surface area contributed by atoms with Crippen molar-refractivity contribution in [2.45, 2.75) is 32.6 Å². The lowest BCUT2D eigenvalue weighted by Crippen LogP contribution is -1.70. The van der Waals surface area contributed by atoms with Crippen LogP contribution < -0.4 is 0 Å². The number of aliphatic hydroxyl groups is 1. The topological polar surface area (TPSA) is 20.2 Å². The van der Waals surface area contributed by atoms with Crippen LogP contribution in [0.1, 0.15) is 32.6 Å². The van der Waals surface area contributed by atoms with Crippen molar-refractivity contribution in [3.05, 3.63) is 24.3 Å². The third-order valence-electron chi connectivity index (χ3n) is 1.44. The quantitative estimate of drug-likeness (QED) is 0.460. The van der Waals surface area contributed by atoms with E-state index in [0.717, 1.165) is 6.42 Å². The maximum atomic E-state index is 8.40. The van der Waals surface area contributed by atoms with Crippen LogP contribution >= 0.6 is 0 Å². The highest BCUT2D eigenvalue weighted by Crippen LogP contribution is 1.96. The van der Waals surface area contributed by atoms with E-state index in [4.69, 9.17) is 5.11 Å². The van der Waals surface area contributed by atoms with Crippen LogP contribution in [0, 0.1) is 0 Å². The van der Waals surface area contributed by atoms with Crippen LogP contribution in [0.4, 0.5) is 0 Å². The van der Waals surface area contributed by atoms with Gasteiger partial charge < -0.3 is 5.11 Å². The minimum absolute atomic E-state index is 0.156. The molecule has 1 nitrogen and oxygen atoms in total. The molecule has 0 saturated heterocycles. The molecule has 0 saturated carbocycles. The average Bonchev–Trinajstić information content (AvgIpc) is 2.03. The molecule has 1 heteroatoms. The summed E-state index contributed by atoms with van der Waals surface area (Å²) in [4.78, 5) is 0. The van der Waals surface area contributed by atoms with Crippen LogP contribution in [-0.2, 0) is 0 Å². The maximum Gasteiger partial charge on any atom is 0.0612 e. The lowest BCUT2D eigenvalue weighted by molar-refractivity contribution is 0.342. The lowest BCUT2D eigenvalue weighted by Gasteiger charge is -1.86. The highest BCUT2D eigenvalue weighted by atomic mass is 16.2. The molecule has 0 aromatic carbocycles. The van der Waals surface area contributed by atoms with Gasteiger partial charge in [-0.15, -0.1) is 0 Å². The third kappa shape index (κ3) is 9.44. The molecule has 11 heavy (non-hydrogen) atoms. The normalized spacial score (nSPS) is 11.8. The smallest absolute Gasteiger partial charge is 0.0612 e. The van der Waals surface area contributed by atoms with Crippen molar-refractivity contribution in [3.63, 3.8) is 0 Å². The van der Waals surface area contributed by atoms with E-state index in [0.29, 0.717) is 0 Å². The van der Waals surface area contributed by atoms with Crippen LogP contribution in [0.25, 0.3) is 0 Å². The Bertz CT molecular complexity index is 114. The van der Waals surface area contributed by atoms with Crippen molar-refractivity contribution in [2.24, 2.45) is 0 Å². The van der Waals surface area contributed by atoms with E-state index in [1.165, 1.54) is 19.3 Å². The van der Waals surface area contributed by atoms with Gasteiger partial charge in [0.2, 0.25) is 0 Å². The molecule has 0 aromatic heterocycles. The van der Waals surface area contributed by atoms with E-state index in [2.05, 4.69) is 19.1 Å². The van der Waals surface area contributed by atoms with Crippen LogP contribution in [0.15, 0.2) is 24.3 Å². The molecule has 0 aromatic rings. The Morgan fingerprint density at radius 3 is 2.45 bits per heavy atom. The molecule has 0 aliphatic rings. The zero-order valence-electron chi connectivity index (χ0n) is 7.29. The molecule has 0 radical (unpaired) electrons. The lowest BCUT2D eigenvalue weighted by atomic mass is 10.2. The first-order valence-electron chi connectivity index (χ1n) is 4.32.